The molecule has 0 radical (unpaired) electrons. The van der Waals surface area contributed by atoms with Gasteiger partial charge in [-0.25, -0.2) is 14.3 Å². The van der Waals surface area contributed by atoms with Crippen LogP contribution in [0.3, 0.4) is 0 Å². The third kappa shape index (κ3) is 7.67. The fourth-order valence-electron chi connectivity index (χ4n) is 3.12. The molecule has 0 atom stereocenters. The molecule has 0 bridgehead atoms. The van der Waals surface area contributed by atoms with Gasteiger partial charge < -0.3 is 15.3 Å². The van der Waals surface area contributed by atoms with Crippen LogP contribution in [0.1, 0.15) is 40.5 Å². The standard InChI is InChI=1S/C19H23FN4O2.C2HF3O2/c1-2-14-12-15(22-23-18(14)25)10-13-4-5-17(20)16(11-13)19(26)24-8-3-6-21-7-9-24;3-2(4,5)1(6)7/h4-5,11-12,21H,2-3,6-10H2,1H3,(H,23,25);(H,6,7). The number of rotatable bonds is 4. The minimum atomic E-state index is -5.08. The minimum absolute atomic E-state index is 0.0875. The zero-order valence-electron chi connectivity index (χ0n) is 17.8. The summed E-state index contributed by atoms with van der Waals surface area (Å²) in [6, 6.07) is 6.32. The second-order valence-electron chi connectivity index (χ2n) is 7.26. The van der Waals surface area contributed by atoms with Gasteiger partial charge in [-0.3, -0.25) is 9.59 Å². The fraction of sp³-hybridized carbons (Fsp3) is 0.429. The summed E-state index contributed by atoms with van der Waals surface area (Å²) >= 11 is 0. The van der Waals surface area contributed by atoms with Crippen LogP contribution in [0.4, 0.5) is 17.6 Å². The van der Waals surface area contributed by atoms with Gasteiger partial charge in [-0.1, -0.05) is 13.0 Å². The van der Waals surface area contributed by atoms with Crippen molar-refractivity contribution in [3.05, 3.63) is 62.8 Å². The molecule has 1 aliphatic rings. The molecule has 2 heterocycles. The van der Waals surface area contributed by atoms with Gasteiger partial charge in [0.2, 0.25) is 0 Å². The van der Waals surface area contributed by atoms with E-state index >= 15 is 0 Å². The number of carboxylic acid groups (broad SMARTS) is 1. The predicted octanol–water partition coefficient (Wildman–Crippen LogP) is 2.13. The highest BCUT2D eigenvalue weighted by Gasteiger charge is 2.38. The summed E-state index contributed by atoms with van der Waals surface area (Å²) in [6.07, 6.45) is -3.19. The van der Waals surface area contributed by atoms with E-state index in [9.17, 15) is 27.2 Å². The molecule has 1 aromatic carbocycles. The van der Waals surface area contributed by atoms with Gasteiger partial charge in [-0.15, -0.1) is 0 Å². The van der Waals surface area contributed by atoms with Crippen molar-refractivity contribution < 1.29 is 32.3 Å². The van der Waals surface area contributed by atoms with Crippen molar-refractivity contribution in [1.82, 2.24) is 20.4 Å². The van der Waals surface area contributed by atoms with Gasteiger partial charge in [0.05, 0.1) is 11.3 Å². The predicted molar refractivity (Wildman–Crippen MR) is 111 cm³/mol. The number of amides is 1. The number of aliphatic carboxylic acids is 1. The van der Waals surface area contributed by atoms with Crippen molar-refractivity contribution in [1.29, 1.82) is 0 Å². The Morgan fingerprint density at radius 3 is 2.52 bits per heavy atom. The minimum Gasteiger partial charge on any atom is -0.475 e. The molecule has 3 rings (SSSR count). The maximum absolute atomic E-state index is 14.3. The maximum atomic E-state index is 14.3. The number of hydrogen-bond donors (Lipinski definition) is 3. The molecule has 1 amide bonds. The molecule has 12 heteroatoms. The second kappa shape index (κ2) is 11.5. The first kappa shape index (κ1) is 26.0. The lowest BCUT2D eigenvalue weighted by Crippen LogP contribution is -2.34. The number of alkyl halides is 3. The quantitative estimate of drug-likeness (QED) is 0.588. The van der Waals surface area contributed by atoms with E-state index in [2.05, 4.69) is 15.5 Å². The number of aromatic nitrogens is 2. The molecule has 3 N–H and O–H groups in total. The normalized spacial score (nSPS) is 14.2. The summed E-state index contributed by atoms with van der Waals surface area (Å²) < 4.78 is 46.0. The van der Waals surface area contributed by atoms with E-state index in [1.54, 1.807) is 23.1 Å². The van der Waals surface area contributed by atoms with Crippen LogP contribution in [0.2, 0.25) is 0 Å². The molecule has 1 aliphatic heterocycles. The van der Waals surface area contributed by atoms with Crippen molar-refractivity contribution >= 4 is 11.9 Å². The van der Waals surface area contributed by atoms with Gasteiger partial charge >= 0.3 is 12.1 Å². The molecular formula is C21H24F4N4O4. The monoisotopic (exact) mass is 472 g/mol. The molecule has 180 valence electrons. The third-order valence-corrected chi connectivity index (χ3v) is 4.83. The Morgan fingerprint density at radius 2 is 1.88 bits per heavy atom. The van der Waals surface area contributed by atoms with E-state index in [0.29, 0.717) is 43.7 Å². The molecule has 0 saturated carbocycles. The second-order valence-corrected chi connectivity index (χ2v) is 7.26. The molecule has 2 aromatic rings. The van der Waals surface area contributed by atoms with Crippen molar-refractivity contribution in [2.24, 2.45) is 0 Å². The molecule has 0 unspecified atom stereocenters. The van der Waals surface area contributed by atoms with E-state index in [1.165, 1.54) is 6.07 Å². The van der Waals surface area contributed by atoms with Crippen molar-refractivity contribution in [2.75, 3.05) is 26.2 Å². The highest BCUT2D eigenvalue weighted by molar-refractivity contribution is 5.94. The molecule has 0 spiro atoms. The van der Waals surface area contributed by atoms with Crippen LogP contribution in [0.15, 0.2) is 29.1 Å². The smallest absolute Gasteiger partial charge is 0.475 e. The largest absolute Gasteiger partial charge is 0.490 e. The van der Waals surface area contributed by atoms with E-state index in [0.717, 1.165) is 18.5 Å². The number of hydrogen-bond acceptors (Lipinski definition) is 5. The lowest BCUT2D eigenvalue weighted by Gasteiger charge is -2.20. The van der Waals surface area contributed by atoms with E-state index in [4.69, 9.17) is 9.90 Å². The van der Waals surface area contributed by atoms with Crippen molar-refractivity contribution in [3.8, 4) is 0 Å². The van der Waals surface area contributed by atoms with Crippen LogP contribution < -0.4 is 10.9 Å². The van der Waals surface area contributed by atoms with Crippen LogP contribution in [0, 0.1) is 5.82 Å². The molecule has 1 fully saturated rings. The molecule has 33 heavy (non-hydrogen) atoms. The summed E-state index contributed by atoms with van der Waals surface area (Å²) in [7, 11) is 0. The lowest BCUT2D eigenvalue weighted by molar-refractivity contribution is -0.192. The Hall–Kier alpha value is -3.28. The molecular weight excluding hydrogens is 448 g/mol. The Kier molecular flexibility index (Phi) is 9.09. The number of aromatic amines is 1. The average Bonchev–Trinajstić information content (AvgIpc) is 3.05. The first-order valence-corrected chi connectivity index (χ1v) is 10.2. The summed E-state index contributed by atoms with van der Waals surface area (Å²) in [4.78, 5) is 34.9. The highest BCUT2D eigenvalue weighted by Crippen LogP contribution is 2.17. The first-order valence-electron chi connectivity index (χ1n) is 10.2. The van der Waals surface area contributed by atoms with Gasteiger partial charge in [0.1, 0.15) is 5.82 Å². The molecule has 8 nitrogen and oxygen atoms in total. The number of carboxylic acids is 1. The van der Waals surface area contributed by atoms with E-state index in [-0.39, 0.29) is 17.0 Å². The van der Waals surface area contributed by atoms with Gasteiger partial charge in [0, 0.05) is 31.6 Å². The van der Waals surface area contributed by atoms with Gasteiger partial charge in [-0.05, 0) is 43.1 Å². The van der Waals surface area contributed by atoms with Gasteiger partial charge in [0.25, 0.3) is 11.5 Å². The number of nitrogens with one attached hydrogen (secondary N) is 2. The van der Waals surface area contributed by atoms with Crippen molar-refractivity contribution in [3.63, 3.8) is 0 Å². The zero-order valence-corrected chi connectivity index (χ0v) is 17.8. The number of halogens is 4. The fourth-order valence-corrected chi connectivity index (χ4v) is 3.12. The van der Waals surface area contributed by atoms with E-state index < -0.39 is 18.0 Å². The zero-order chi connectivity index (χ0) is 24.6. The Balaban J connectivity index is 0.000000479. The van der Waals surface area contributed by atoms with Crippen LogP contribution >= 0.6 is 0 Å². The third-order valence-electron chi connectivity index (χ3n) is 4.83. The average molecular weight is 472 g/mol. The highest BCUT2D eigenvalue weighted by atomic mass is 19.4. The number of H-pyrrole nitrogens is 1. The number of carbonyl (C=O) groups excluding carboxylic acids is 1. The number of aryl methyl sites for hydroxylation is 1. The molecule has 0 aliphatic carbocycles. The van der Waals surface area contributed by atoms with Crippen molar-refractivity contribution in [2.45, 2.75) is 32.4 Å². The Morgan fingerprint density at radius 1 is 1.18 bits per heavy atom. The maximum Gasteiger partial charge on any atom is 0.490 e. The van der Waals surface area contributed by atoms with Crippen LogP contribution in [-0.4, -0.2) is 64.4 Å². The SMILES string of the molecule is CCc1cc(Cc2ccc(F)c(C(=O)N3CCCNCC3)c2)n[nH]c1=O.O=C(O)C(F)(F)F. The van der Waals surface area contributed by atoms with Gasteiger partial charge in [-0.2, -0.15) is 18.3 Å². The summed E-state index contributed by atoms with van der Waals surface area (Å²) in [6.45, 7) is 4.68. The molecule has 1 saturated heterocycles. The van der Waals surface area contributed by atoms with Gasteiger partial charge in [0.15, 0.2) is 0 Å². The topological polar surface area (TPSA) is 115 Å². The summed E-state index contributed by atoms with van der Waals surface area (Å²) in [5.74, 6) is -3.55. The number of carbonyl (C=O) groups is 2. The summed E-state index contributed by atoms with van der Waals surface area (Å²) in [5, 5.41) is 16.9. The lowest BCUT2D eigenvalue weighted by atomic mass is 10.0. The van der Waals surface area contributed by atoms with E-state index in [1.807, 2.05) is 6.92 Å². The number of benzene rings is 1. The van der Waals surface area contributed by atoms with Crippen LogP contribution in [0.25, 0.3) is 0 Å². The van der Waals surface area contributed by atoms with Crippen LogP contribution in [-0.2, 0) is 17.6 Å². The summed E-state index contributed by atoms with van der Waals surface area (Å²) in [5.41, 5.74) is 2.02. The number of nitrogens with zero attached hydrogens (tertiary/aromatic N) is 2. The Bertz CT molecular complexity index is 1030. The van der Waals surface area contributed by atoms with Crippen LogP contribution in [0.5, 0.6) is 0 Å². The Labute approximate surface area is 186 Å². The molecule has 1 aromatic heterocycles. The first-order chi connectivity index (χ1) is 15.5.